The van der Waals surface area contributed by atoms with Crippen LogP contribution < -0.4 is 0 Å². The maximum absolute atomic E-state index is 12.3. The summed E-state index contributed by atoms with van der Waals surface area (Å²) in [5.41, 5.74) is 0.972. The predicted molar refractivity (Wildman–Crippen MR) is 88.8 cm³/mol. The number of hydrogen-bond donors (Lipinski definition) is 0. The maximum atomic E-state index is 12.3. The number of amides is 1. The average molecular weight is 361 g/mol. The monoisotopic (exact) mass is 360 g/mol. The van der Waals surface area contributed by atoms with Crippen molar-refractivity contribution in [3.63, 3.8) is 0 Å². The van der Waals surface area contributed by atoms with Gasteiger partial charge in [-0.25, -0.2) is 12.7 Å². The van der Waals surface area contributed by atoms with E-state index in [0.717, 1.165) is 11.8 Å². The minimum atomic E-state index is -3.26. The van der Waals surface area contributed by atoms with Crippen LogP contribution in [0.1, 0.15) is 18.1 Å². The minimum absolute atomic E-state index is 0.0669. The predicted octanol–water partition coefficient (Wildman–Crippen LogP) is 1.52. The molecular weight excluding hydrogens is 340 g/mol. The van der Waals surface area contributed by atoms with Gasteiger partial charge in [0.1, 0.15) is 6.10 Å². The lowest BCUT2D eigenvalue weighted by molar-refractivity contribution is -0.139. The van der Waals surface area contributed by atoms with Crippen molar-refractivity contribution < 1.29 is 17.9 Å². The van der Waals surface area contributed by atoms with Gasteiger partial charge in [0, 0.05) is 31.6 Å². The topological polar surface area (TPSA) is 66.9 Å². The lowest BCUT2D eigenvalue weighted by atomic mass is 10.1. The summed E-state index contributed by atoms with van der Waals surface area (Å²) in [7, 11) is -1.79. The molecule has 0 spiro atoms. The number of halogens is 1. The molecule has 1 fully saturated rings. The highest BCUT2D eigenvalue weighted by atomic mass is 35.5. The first kappa shape index (κ1) is 18.2. The second kappa shape index (κ2) is 7.61. The van der Waals surface area contributed by atoms with Crippen LogP contribution in [0.25, 0.3) is 0 Å². The van der Waals surface area contributed by atoms with Gasteiger partial charge in [-0.05, 0) is 17.7 Å². The van der Waals surface area contributed by atoms with Crippen molar-refractivity contribution in [2.75, 3.05) is 39.5 Å². The Labute approximate surface area is 142 Å². The van der Waals surface area contributed by atoms with Crippen LogP contribution in [0.4, 0.5) is 0 Å². The van der Waals surface area contributed by atoms with Crippen molar-refractivity contribution in [2.24, 2.45) is 0 Å². The maximum Gasteiger partial charge on any atom is 0.224 e. The second-order valence-corrected chi connectivity index (χ2v) is 8.11. The summed E-state index contributed by atoms with van der Waals surface area (Å²) < 4.78 is 29.6. The van der Waals surface area contributed by atoms with Crippen LogP contribution in [0.3, 0.4) is 0 Å². The molecule has 0 aliphatic carbocycles. The number of nitrogens with zero attached hydrogens (tertiary/aromatic N) is 2. The number of ether oxygens (including phenoxy) is 1. The van der Waals surface area contributed by atoms with E-state index in [-0.39, 0.29) is 25.0 Å². The molecule has 1 aliphatic heterocycles. The van der Waals surface area contributed by atoms with Gasteiger partial charge >= 0.3 is 0 Å². The van der Waals surface area contributed by atoms with Crippen LogP contribution in [0, 0.1) is 0 Å². The lowest BCUT2D eigenvalue weighted by Gasteiger charge is -2.33. The van der Waals surface area contributed by atoms with E-state index >= 15 is 0 Å². The SMILES string of the molecule is CN(CCC(=O)N1CCO[C@H](c2ccc(Cl)cc2)C1)S(C)(=O)=O. The molecule has 1 heterocycles. The Balaban J connectivity index is 1.92. The third-order valence-electron chi connectivity index (χ3n) is 3.87. The van der Waals surface area contributed by atoms with E-state index in [1.807, 2.05) is 12.1 Å². The van der Waals surface area contributed by atoms with Gasteiger partial charge in [-0.3, -0.25) is 4.79 Å². The van der Waals surface area contributed by atoms with E-state index in [4.69, 9.17) is 16.3 Å². The molecule has 0 unspecified atom stereocenters. The van der Waals surface area contributed by atoms with E-state index < -0.39 is 10.0 Å². The number of benzene rings is 1. The van der Waals surface area contributed by atoms with Crippen molar-refractivity contribution in [1.29, 1.82) is 0 Å². The summed E-state index contributed by atoms with van der Waals surface area (Å²) in [4.78, 5) is 14.0. The highest BCUT2D eigenvalue weighted by Gasteiger charge is 2.25. The standard InChI is InChI=1S/C15H21ClN2O4S/c1-17(23(2,20)21)8-7-15(19)18-9-10-22-14(11-18)12-3-5-13(16)6-4-12/h3-6,14H,7-11H2,1-2H3/t14-/m0/s1. The number of hydrogen-bond acceptors (Lipinski definition) is 4. The lowest BCUT2D eigenvalue weighted by Crippen LogP contribution is -2.43. The average Bonchev–Trinajstić information content (AvgIpc) is 2.52. The third kappa shape index (κ3) is 5.17. The van der Waals surface area contributed by atoms with E-state index in [1.165, 1.54) is 11.4 Å². The fourth-order valence-electron chi connectivity index (χ4n) is 2.33. The molecule has 1 saturated heterocycles. The van der Waals surface area contributed by atoms with Gasteiger partial charge < -0.3 is 9.64 Å². The smallest absolute Gasteiger partial charge is 0.224 e. The minimum Gasteiger partial charge on any atom is -0.370 e. The molecular formula is C15H21ClN2O4S. The van der Waals surface area contributed by atoms with Crippen LogP contribution in [0.15, 0.2) is 24.3 Å². The van der Waals surface area contributed by atoms with Crippen LogP contribution >= 0.6 is 11.6 Å². The first-order valence-electron chi connectivity index (χ1n) is 7.33. The molecule has 1 amide bonds. The molecule has 23 heavy (non-hydrogen) atoms. The Morgan fingerprint density at radius 2 is 2.04 bits per heavy atom. The Kier molecular flexibility index (Phi) is 6.02. The van der Waals surface area contributed by atoms with Crippen LogP contribution in [-0.4, -0.2) is 63.1 Å². The van der Waals surface area contributed by atoms with Gasteiger partial charge in [-0.15, -0.1) is 0 Å². The molecule has 1 aromatic carbocycles. The fourth-order valence-corrected chi connectivity index (χ4v) is 2.88. The Morgan fingerprint density at radius 1 is 1.39 bits per heavy atom. The summed E-state index contributed by atoms with van der Waals surface area (Å²) in [5.74, 6) is -0.0669. The summed E-state index contributed by atoms with van der Waals surface area (Å²) in [5, 5.41) is 0.654. The summed E-state index contributed by atoms with van der Waals surface area (Å²) in [6, 6.07) is 7.36. The van der Waals surface area contributed by atoms with Crippen LogP contribution in [0.5, 0.6) is 0 Å². The van der Waals surface area contributed by atoms with E-state index in [9.17, 15) is 13.2 Å². The third-order valence-corrected chi connectivity index (χ3v) is 5.43. The highest BCUT2D eigenvalue weighted by molar-refractivity contribution is 7.88. The molecule has 0 radical (unpaired) electrons. The number of carbonyl (C=O) groups excluding carboxylic acids is 1. The van der Waals surface area contributed by atoms with Crippen LogP contribution in [-0.2, 0) is 19.6 Å². The number of carbonyl (C=O) groups is 1. The molecule has 0 saturated carbocycles. The quantitative estimate of drug-likeness (QED) is 0.798. The van der Waals surface area contributed by atoms with Crippen molar-refractivity contribution in [3.8, 4) is 0 Å². The van der Waals surface area contributed by atoms with Gasteiger partial charge in [-0.1, -0.05) is 23.7 Å². The molecule has 0 bridgehead atoms. The Hall–Kier alpha value is -1.15. The molecule has 0 aromatic heterocycles. The largest absolute Gasteiger partial charge is 0.370 e. The molecule has 8 heteroatoms. The highest BCUT2D eigenvalue weighted by Crippen LogP contribution is 2.24. The molecule has 6 nitrogen and oxygen atoms in total. The zero-order valence-corrected chi connectivity index (χ0v) is 14.8. The van der Waals surface area contributed by atoms with Crippen molar-refractivity contribution in [3.05, 3.63) is 34.9 Å². The molecule has 128 valence electrons. The number of sulfonamides is 1. The van der Waals surface area contributed by atoms with Gasteiger partial charge in [0.25, 0.3) is 0 Å². The molecule has 0 N–H and O–H groups in total. The number of rotatable bonds is 5. The molecule has 1 aromatic rings. The fraction of sp³-hybridized carbons (Fsp3) is 0.533. The first-order chi connectivity index (χ1) is 10.8. The summed E-state index contributed by atoms with van der Waals surface area (Å²) in [6.07, 6.45) is 1.11. The summed E-state index contributed by atoms with van der Waals surface area (Å²) >= 11 is 5.88. The van der Waals surface area contributed by atoms with Gasteiger partial charge in [0.2, 0.25) is 15.9 Å². The first-order valence-corrected chi connectivity index (χ1v) is 9.56. The summed E-state index contributed by atoms with van der Waals surface area (Å²) in [6.45, 7) is 1.62. The van der Waals surface area contributed by atoms with E-state index in [2.05, 4.69) is 0 Å². The Morgan fingerprint density at radius 3 is 2.65 bits per heavy atom. The number of morpholine rings is 1. The normalized spacial score (nSPS) is 19.1. The van der Waals surface area contributed by atoms with E-state index in [0.29, 0.717) is 24.7 Å². The second-order valence-electron chi connectivity index (χ2n) is 5.59. The van der Waals surface area contributed by atoms with Crippen LogP contribution in [0.2, 0.25) is 5.02 Å². The molecule has 2 rings (SSSR count). The van der Waals surface area contributed by atoms with Crippen molar-refractivity contribution >= 4 is 27.5 Å². The zero-order valence-electron chi connectivity index (χ0n) is 13.2. The van der Waals surface area contributed by atoms with Crippen molar-refractivity contribution in [1.82, 2.24) is 9.21 Å². The van der Waals surface area contributed by atoms with E-state index in [1.54, 1.807) is 17.0 Å². The van der Waals surface area contributed by atoms with Gasteiger partial charge in [-0.2, -0.15) is 0 Å². The molecule has 1 atom stereocenters. The Bertz CT molecular complexity index is 648. The van der Waals surface area contributed by atoms with Crippen molar-refractivity contribution in [2.45, 2.75) is 12.5 Å². The van der Waals surface area contributed by atoms with Gasteiger partial charge in [0.05, 0.1) is 19.4 Å². The zero-order chi connectivity index (χ0) is 17.0. The van der Waals surface area contributed by atoms with Gasteiger partial charge in [0.15, 0.2) is 0 Å². The molecule has 1 aliphatic rings.